The maximum atomic E-state index is 5.38. The molecule has 2 aromatic rings. The average molecular weight is 236 g/mol. The Balaban J connectivity index is 1.75. The second-order valence-electron chi connectivity index (χ2n) is 3.64. The van der Waals surface area contributed by atoms with Crippen LogP contribution in [0, 0.1) is 0 Å². The Labute approximate surface area is 99.2 Å². The predicted molar refractivity (Wildman–Crippen MR) is 62.8 cm³/mol. The van der Waals surface area contributed by atoms with Gasteiger partial charge in [0.2, 0.25) is 0 Å². The fourth-order valence-electron chi connectivity index (χ4n) is 1.38. The molecule has 0 aliphatic rings. The van der Waals surface area contributed by atoms with Crippen LogP contribution in [0.3, 0.4) is 0 Å². The third kappa shape index (κ3) is 3.35. The van der Waals surface area contributed by atoms with E-state index >= 15 is 0 Å². The molecule has 2 aromatic heterocycles. The predicted octanol–water partition coefficient (Wildman–Crippen LogP) is 0.748. The summed E-state index contributed by atoms with van der Waals surface area (Å²) in [5.74, 6) is 0.764. The second kappa shape index (κ2) is 6.09. The molecule has 0 aromatic carbocycles. The molecule has 0 amide bonds. The summed E-state index contributed by atoms with van der Waals surface area (Å²) in [6, 6.07) is 3.68. The van der Waals surface area contributed by atoms with Gasteiger partial charge in [0.05, 0.1) is 0 Å². The standard InChI is InChI=1S/C10H16N6O/c1-2-7-17-8-3-6-11-9-4-5-10-12-14-15-16(10)13-9/h4-5H,2-3,6-8H2,1H3,(H,11,13). The molecule has 0 aliphatic carbocycles. The van der Waals surface area contributed by atoms with Crippen LogP contribution in [0.1, 0.15) is 19.8 Å². The molecule has 0 aliphatic heterocycles. The Hall–Kier alpha value is -1.76. The van der Waals surface area contributed by atoms with Gasteiger partial charge in [0, 0.05) is 19.8 Å². The molecule has 1 N–H and O–H groups in total. The SMILES string of the molecule is CCCOCCCNc1ccc2nnnn2n1. The summed E-state index contributed by atoms with van der Waals surface area (Å²) in [6.07, 6.45) is 2.01. The number of hydrogen-bond acceptors (Lipinski definition) is 6. The summed E-state index contributed by atoms with van der Waals surface area (Å²) in [4.78, 5) is 0. The lowest BCUT2D eigenvalue weighted by molar-refractivity contribution is 0.134. The minimum atomic E-state index is 0.641. The molecule has 92 valence electrons. The Morgan fingerprint density at radius 1 is 1.35 bits per heavy atom. The summed E-state index contributed by atoms with van der Waals surface area (Å²) in [6.45, 7) is 4.52. The van der Waals surface area contributed by atoms with Crippen molar-refractivity contribution in [3.05, 3.63) is 12.1 Å². The maximum absolute atomic E-state index is 5.38. The molecule has 0 spiro atoms. The van der Waals surface area contributed by atoms with E-state index in [1.54, 1.807) is 0 Å². The quantitative estimate of drug-likeness (QED) is 0.715. The van der Waals surface area contributed by atoms with Gasteiger partial charge in [0.25, 0.3) is 0 Å². The third-order valence-electron chi connectivity index (χ3n) is 2.19. The van der Waals surface area contributed by atoms with Crippen LogP contribution >= 0.6 is 0 Å². The highest BCUT2D eigenvalue weighted by molar-refractivity contribution is 5.41. The van der Waals surface area contributed by atoms with Crippen LogP contribution in [0.15, 0.2) is 12.1 Å². The van der Waals surface area contributed by atoms with Gasteiger partial charge in [-0.05, 0) is 35.4 Å². The van der Waals surface area contributed by atoms with Crippen molar-refractivity contribution >= 4 is 11.5 Å². The van der Waals surface area contributed by atoms with Crippen molar-refractivity contribution in [3.63, 3.8) is 0 Å². The van der Waals surface area contributed by atoms with E-state index < -0.39 is 0 Å². The van der Waals surface area contributed by atoms with Gasteiger partial charge in [-0.2, -0.15) is 0 Å². The van der Waals surface area contributed by atoms with E-state index in [4.69, 9.17) is 4.74 Å². The van der Waals surface area contributed by atoms with E-state index in [1.165, 1.54) is 4.63 Å². The number of aromatic nitrogens is 5. The van der Waals surface area contributed by atoms with Crippen LogP contribution in [-0.4, -0.2) is 45.0 Å². The summed E-state index contributed by atoms with van der Waals surface area (Å²) in [5, 5.41) is 18.4. The van der Waals surface area contributed by atoms with Crippen LogP contribution in [0.25, 0.3) is 5.65 Å². The molecule has 7 nitrogen and oxygen atoms in total. The first-order valence-corrected chi connectivity index (χ1v) is 5.77. The van der Waals surface area contributed by atoms with E-state index in [9.17, 15) is 0 Å². The molecule has 0 saturated heterocycles. The minimum absolute atomic E-state index is 0.641. The van der Waals surface area contributed by atoms with E-state index in [0.717, 1.165) is 38.4 Å². The highest BCUT2D eigenvalue weighted by Crippen LogP contribution is 2.02. The molecule has 7 heteroatoms. The normalized spacial score (nSPS) is 10.9. The number of tetrazole rings is 1. The molecule has 0 radical (unpaired) electrons. The number of rotatable bonds is 7. The van der Waals surface area contributed by atoms with Crippen molar-refractivity contribution in [1.29, 1.82) is 0 Å². The molecular weight excluding hydrogens is 220 g/mol. The van der Waals surface area contributed by atoms with Gasteiger partial charge in [-0.3, -0.25) is 0 Å². The van der Waals surface area contributed by atoms with Gasteiger partial charge < -0.3 is 10.1 Å². The molecule has 2 heterocycles. The highest BCUT2D eigenvalue weighted by atomic mass is 16.5. The van der Waals surface area contributed by atoms with Crippen molar-refractivity contribution in [3.8, 4) is 0 Å². The van der Waals surface area contributed by atoms with E-state index in [1.807, 2.05) is 12.1 Å². The summed E-state index contributed by atoms with van der Waals surface area (Å²) >= 11 is 0. The monoisotopic (exact) mass is 236 g/mol. The van der Waals surface area contributed by atoms with Crippen LogP contribution in [0.5, 0.6) is 0 Å². The van der Waals surface area contributed by atoms with E-state index in [0.29, 0.717) is 5.65 Å². The molecule has 2 rings (SSSR count). The smallest absolute Gasteiger partial charge is 0.200 e. The Bertz CT molecular complexity index is 457. The lowest BCUT2D eigenvalue weighted by Gasteiger charge is -2.05. The first kappa shape index (κ1) is 11.7. The Morgan fingerprint density at radius 3 is 3.18 bits per heavy atom. The number of nitrogens with zero attached hydrogens (tertiary/aromatic N) is 5. The Kier molecular flexibility index (Phi) is 4.20. The van der Waals surface area contributed by atoms with Crippen LogP contribution in [0.4, 0.5) is 5.82 Å². The van der Waals surface area contributed by atoms with Gasteiger partial charge in [0.1, 0.15) is 5.82 Å². The number of hydrogen-bond donors (Lipinski definition) is 1. The van der Waals surface area contributed by atoms with Crippen molar-refractivity contribution in [2.24, 2.45) is 0 Å². The number of fused-ring (bicyclic) bond motifs is 1. The van der Waals surface area contributed by atoms with Gasteiger partial charge in [-0.25, -0.2) is 0 Å². The number of nitrogens with one attached hydrogen (secondary N) is 1. The van der Waals surface area contributed by atoms with Crippen molar-refractivity contribution < 1.29 is 4.74 Å². The van der Waals surface area contributed by atoms with Crippen LogP contribution in [0.2, 0.25) is 0 Å². The lowest BCUT2D eigenvalue weighted by Crippen LogP contribution is -2.08. The average Bonchev–Trinajstić information content (AvgIpc) is 2.81. The molecule has 0 unspecified atom stereocenters. The second-order valence-corrected chi connectivity index (χ2v) is 3.64. The summed E-state index contributed by atoms with van der Waals surface area (Å²) in [5.41, 5.74) is 0.641. The summed E-state index contributed by atoms with van der Waals surface area (Å²) < 4.78 is 6.78. The van der Waals surface area contributed by atoms with Crippen molar-refractivity contribution in [1.82, 2.24) is 25.3 Å². The van der Waals surface area contributed by atoms with E-state index in [2.05, 4.69) is 32.9 Å². The fourth-order valence-corrected chi connectivity index (χ4v) is 1.38. The maximum Gasteiger partial charge on any atom is 0.200 e. The third-order valence-corrected chi connectivity index (χ3v) is 2.19. The van der Waals surface area contributed by atoms with Crippen molar-refractivity contribution in [2.45, 2.75) is 19.8 Å². The zero-order valence-corrected chi connectivity index (χ0v) is 9.83. The zero-order valence-electron chi connectivity index (χ0n) is 9.83. The topological polar surface area (TPSA) is 77.2 Å². The number of ether oxygens (including phenoxy) is 1. The Morgan fingerprint density at radius 2 is 2.29 bits per heavy atom. The van der Waals surface area contributed by atoms with Crippen LogP contribution < -0.4 is 5.32 Å². The highest BCUT2D eigenvalue weighted by Gasteiger charge is 1.99. The lowest BCUT2D eigenvalue weighted by atomic mass is 10.4. The zero-order chi connectivity index (χ0) is 11.9. The minimum Gasteiger partial charge on any atom is -0.381 e. The van der Waals surface area contributed by atoms with Gasteiger partial charge >= 0.3 is 0 Å². The summed E-state index contributed by atoms with van der Waals surface area (Å²) in [7, 11) is 0. The molecule has 0 fully saturated rings. The first-order valence-electron chi connectivity index (χ1n) is 5.77. The molecular formula is C10H16N6O. The molecule has 0 saturated carbocycles. The van der Waals surface area contributed by atoms with Crippen molar-refractivity contribution in [2.75, 3.05) is 25.1 Å². The van der Waals surface area contributed by atoms with E-state index in [-0.39, 0.29) is 0 Å². The van der Waals surface area contributed by atoms with Gasteiger partial charge in [-0.15, -0.1) is 14.8 Å². The fraction of sp³-hybridized carbons (Fsp3) is 0.600. The molecule has 0 atom stereocenters. The van der Waals surface area contributed by atoms with Crippen LogP contribution in [-0.2, 0) is 4.74 Å². The van der Waals surface area contributed by atoms with Gasteiger partial charge in [-0.1, -0.05) is 6.92 Å². The molecule has 17 heavy (non-hydrogen) atoms. The first-order chi connectivity index (χ1) is 8.40. The van der Waals surface area contributed by atoms with Gasteiger partial charge in [0.15, 0.2) is 5.65 Å². The number of anilines is 1. The molecule has 0 bridgehead atoms. The largest absolute Gasteiger partial charge is 0.381 e.